The van der Waals surface area contributed by atoms with Crippen molar-refractivity contribution in [2.24, 2.45) is 0 Å². The quantitative estimate of drug-likeness (QED) is 0.889. The lowest BCUT2D eigenvalue weighted by molar-refractivity contribution is -0.251. The van der Waals surface area contributed by atoms with E-state index in [0.717, 1.165) is 18.6 Å². The van der Waals surface area contributed by atoms with Crippen LogP contribution in [0.4, 0.5) is 13.2 Å². The summed E-state index contributed by atoms with van der Waals surface area (Å²) in [6.45, 7) is 2.79. The molecule has 0 radical (unpaired) electrons. The molecule has 2 aromatic rings. The Labute approximate surface area is 146 Å². The van der Waals surface area contributed by atoms with E-state index in [2.05, 4.69) is 15.5 Å². The summed E-state index contributed by atoms with van der Waals surface area (Å²) < 4.78 is 54.1. The van der Waals surface area contributed by atoms with E-state index in [1.165, 1.54) is 12.1 Å². The molecule has 0 unspecified atom stereocenters. The summed E-state index contributed by atoms with van der Waals surface area (Å²) in [6, 6.07) is 4.44. The van der Waals surface area contributed by atoms with Gasteiger partial charge in [-0.1, -0.05) is 17.3 Å². The lowest BCUT2D eigenvalue weighted by atomic mass is 10.1. The van der Waals surface area contributed by atoms with Gasteiger partial charge in [0.25, 0.3) is 0 Å². The van der Waals surface area contributed by atoms with Gasteiger partial charge >= 0.3 is 18.0 Å². The second kappa shape index (κ2) is 7.04. The molecule has 1 fully saturated rings. The number of carbonyl (C=O) groups is 1. The fourth-order valence-corrected chi connectivity index (χ4v) is 2.36. The van der Waals surface area contributed by atoms with Crippen molar-refractivity contribution >= 4 is 5.91 Å². The fourth-order valence-electron chi connectivity index (χ4n) is 2.36. The van der Waals surface area contributed by atoms with Crippen LogP contribution in [0.2, 0.25) is 0 Å². The van der Waals surface area contributed by atoms with Gasteiger partial charge in [-0.3, -0.25) is 4.79 Å². The Kier molecular flexibility index (Phi) is 4.97. The predicted octanol–water partition coefficient (Wildman–Crippen LogP) is 2.64. The van der Waals surface area contributed by atoms with Crippen molar-refractivity contribution in [2.45, 2.75) is 25.3 Å². The van der Waals surface area contributed by atoms with E-state index >= 15 is 0 Å². The molecule has 0 bridgehead atoms. The Morgan fingerprint density at radius 1 is 1.31 bits per heavy atom. The molecule has 0 spiro atoms. The van der Waals surface area contributed by atoms with Crippen LogP contribution in [0.15, 0.2) is 28.8 Å². The van der Waals surface area contributed by atoms with Crippen molar-refractivity contribution in [1.29, 1.82) is 0 Å². The van der Waals surface area contributed by atoms with Crippen molar-refractivity contribution in [3.8, 4) is 11.4 Å². The van der Waals surface area contributed by atoms with Crippen molar-refractivity contribution in [2.75, 3.05) is 19.8 Å². The first kappa shape index (κ1) is 18.3. The number of alkyl halides is 3. The van der Waals surface area contributed by atoms with Gasteiger partial charge in [-0.15, -0.1) is 0 Å². The van der Waals surface area contributed by atoms with Crippen LogP contribution in [0.25, 0.3) is 11.4 Å². The second-order valence-corrected chi connectivity index (χ2v) is 5.87. The first-order valence-corrected chi connectivity index (χ1v) is 7.84. The standard InChI is InChI=1S/C16H16F3N3O4/c1-15(24-6-3-7-25-15)9-20-13(23)14-21-12(22-26-14)10-4-2-5-11(8-10)16(17,18)19/h2,4-5,8H,3,6-7,9H2,1H3,(H,20,23). The maximum absolute atomic E-state index is 12.8. The summed E-state index contributed by atoms with van der Waals surface area (Å²) in [5.74, 6) is -2.10. The molecule has 2 heterocycles. The van der Waals surface area contributed by atoms with Crippen LogP contribution in [-0.4, -0.2) is 41.6 Å². The molecule has 140 valence electrons. The minimum atomic E-state index is -4.49. The maximum Gasteiger partial charge on any atom is 0.416 e. The van der Waals surface area contributed by atoms with E-state index in [1.807, 2.05) is 0 Å². The highest BCUT2D eigenvalue weighted by Crippen LogP contribution is 2.31. The minimum Gasteiger partial charge on any atom is -0.348 e. The summed E-state index contributed by atoms with van der Waals surface area (Å²) in [4.78, 5) is 16.0. The number of halogens is 3. The van der Waals surface area contributed by atoms with Crippen LogP contribution >= 0.6 is 0 Å². The SMILES string of the molecule is CC1(CNC(=O)c2nc(-c3cccc(C(F)(F)F)c3)no2)OCCCO1. The highest BCUT2D eigenvalue weighted by Gasteiger charge is 2.32. The average Bonchev–Trinajstić information content (AvgIpc) is 3.10. The third-order valence-electron chi connectivity index (χ3n) is 3.74. The zero-order chi connectivity index (χ0) is 18.8. The van der Waals surface area contributed by atoms with Crippen molar-refractivity contribution in [1.82, 2.24) is 15.5 Å². The highest BCUT2D eigenvalue weighted by atomic mass is 19.4. The van der Waals surface area contributed by atoms with E-state index < -0.39 is 23.4 Å². The molecule has 7 nitrogen and oxygen atoms in total. The van der Waals surface area contributed by atoms with Gasteiger partial charge in [0.1, 0.15) is 0 Å². The van der Waals surface area contributed by atoms with Gasteiger partial charge in [0.15, 0.2) is 5.79 Å². The van der Waals surface area contributed by atoms with Crippen LogP contribution in [0.5, 0.6) is 0 Å². The number of hydrogen-bond donors (Lipinski definition) is 1. The number of rotatable bonds is 4. The first-order chi connectivity index (χ1) is 12.3. The second-order valence-electron chi connectivity index (χ2n) is 5.87. The van der Waals surface area contributed by atoms with Crippen molar-refractivity contribution in [3.05, 3.63) is 35.7 Å². The molecule has 1 saturated heterocycles. The van der Waals surface area contributed by atoms with Crippen LogP contribution in [0, 0.1) is 0 Å². The van der Waals surface area contributed by atoms with Crippen LogP contribution in [0.1, 0.15) is 29.6 Å². The predicted molar refractivity (Wildman–Crippen MR) is 82.0 cm³/mol. The fraction of sp³-hybridized carbons (Fsp3) is 0.438. The number of aromatic nitrogens is 2. The van der Waals surface area contributed by atoms with Crippen molar-refractivity contribution in [3.63, 3.8) is 0 Å². The minimum absolute atomic E-state index is 0.0626. The molecule has 1 N–H and O–H groups in total. The third kappa shape index (κ3) is 4.20. The van der Waals surface area contributed by atoms with Crippen LogP contribution in [-0.2, 0) is 15.7 Å². The topological polar surface area (TPSA) is 86.5 Å². The average molecular weight is 371 g/mol. The number of ether oxygens (including phenoxy) is 2. The molecule has 0 atom stereocenters. The summed E-state index contributed by atoms with van der Waals surface area (Å²) in [5.41, 5.74) is -0.751. The Morgan fingerprint density at radius 2 is 2.04 bits per heavy atom. The largest absolute Gasteiger partial charge is 0.416 e. The lowest BCUT2D eigenvalue weighted by Gasteiger charge is -2.33. The Hall–Kier alpha value is -2.46. The van der Waals surface area contributed by atoms with E-state index in [4.69, 9.17) is 14.0 Å². The van der Waals surface area contributed by atoms with E-state index in [0.29, 0.717) is 13.2 Å². The molecule has 3 rings (SSSR count). The molecular formula is C16H16F3N3O4. The van der Waals surface area contributed by atoms with Crippen molar-refractivity contribution < 1.29 is 32.0 Å². The molecule has 26 heavy (non-hydrogen) atoms. The van der Waals surface area contributed by atoms with Gasteiger partial charge in [0.2, 0.25) is 5.82 Å². The molecule has 0 saturated carbocycles. The Bertz CT molecular complexity index is 785. The zero-order valence-electron chi connectivity index (χ0n) is 13.8. The van der Waals surface area contributed by atoms with Gasteiger partial charge in [-0.2, -0.15) is 18.2 Å². The van der Waals surface area contributed by atoms with Crippen LogP contribution < -0.4 is 5.32 Å². The highest BCUT2D eigenvalue weighted by molar-refractivity contribution is 5.89. The Balaban J connectivity index is 1.68. The summed E-state index contributed by atoms with van der Waals surface area (Å²) in [6.07, 6.45) is -3.72. The maximum atomic E-state index is 12.8. The van der Waals surface area contributed by atoms with Gasteiger partial charge < -0.3 is 19.3 Å². The van der Waals surface area contributed by atoms with Gasteiger partial charge in [0.05, 0.1) is 25.3 Å². The zero-order valence-corrected chi connectivity index (χ0v) is 13.8. The Morgan fingerprint density at radius 3 is 2.73 bits per heavy atom. The molecule has 1 aliphatic heterocycles. The molecule has 10 heteroatoms. The molecule has 1 aromatic carbocycles. The first-order valence-electron chi connectivity index (χ1n) is 7.84. The van der Waals surface area contributed by atoms with E-state index in [1.54, 1.807) is 6.92 Å². The number of nitrogens with one attached hydrogen (secondary N) is 1. The number of carbonyl (C=O) groups excluding carboxylic acids is 1. The number of benzene rings is 1. The molecule has 0 aliphatic carbocycles. The normalized spacial score (nSPS) is 17.1. The van der Waals surface area contributed by atoms with E-state index in [9.17, 15) is 18.0 Å². The van der Waals surface area contributed by atoms with Gasteiger partial charge in [-0.05, 0) is 25.5 Å². The van der Waals surface area contributed by atoms with Gasteiger partial charge in [0, 0.05) is 5.56 Å². The number of hydrogen-bond acceptors (Lipinski definition) is 6. The van der Waals surface area contributed by atoms with Gasteiger partial charge in [-0.25, -0.2) is 0 Å². The number of amides is 1. The molecule has 1 amide bonds. The van der Waals surface area contributed by atoms with Crippen LogP contribution in [0.3, 0.4) is 0 Å². The lowest BCUT2D eigenvalue weighted by Crippen LogP contribution is -2.47. The summed E-state index contributed by atoms with van der Waals surface area (Å²) in [7, 11) is 0. The number of nitrogens with zero attached hydrogens (tertiary/aromatic N) is 2. The third-order valence-corrected chi connectivity index (χ3v) is 3.74. The molecule has 1 aliphatic rings. The molecule has 1 aromatic heterocycles. The monoisotopic (exact) mass is 371 g/mol. The summed E-state index contributed by atoms with van der Waals surface area (Å²) in [5, 5.41) is 6.11. The summed E-state index contributed by atoms with van der Waals surface area (Å²) >= 11 is 0. The smallest absolute Gasteiger partial charge is 0.348 e. The van der Waals surface area contributed by atoms with E-state index in [-0.39, 0.29) is 23.8 Å². The molecular weight excluding hydrogens is 355 g/mol.